The van der Waals surface area contributed by atoms with Crippen LogP contribution >= 0.6 is 11.3 Å². The molecular weight excluding hydrogens is 368 g/mol. The molecule has 0 aromatic carbocycles. The van der Waals surface area contributed by atoms with Gasteiger partial charge >= 0.3 is 5.69 Å². The summed E-state index contributed by atoms with van der Waals surface area (Å²) < 4.78 is 9.80. The van der Waals surface area contributed by atoms with Gasteiger partial charge in [-0.15, -0.1) is 21.5 Å². The molecule has 0 fully saturated rings. The molecule has 0 amide bonds. The van der Waals surface area contributed by atoms with E-state index in [-0.39, 0.29) is 6.54 Å². The molecule has 0 atom stereocenters. The Morgan fingerprint density at radius 3 is 2.67 bits per heavy atom. The van der Waals surface area contributed by atoms with E-state index in [1.165, 1.54) is 28.4 Å². The van der Waals surface area contributed by atoms with Crippen molar-refractivity contribution in [2.45, 2.75) is 26.8 Å². The summed E-state index contributed by atoms with van der Waals surface area (Å²) in [7, 11) is 3.02. The highest BCUT2D eigenvalue weighted by molar-refractivity contribution is 7.15. The fraction of sp³-hybridized carbons (Fsp3) is 0.353. The summed E-state index contributed by atoms with van der Waals surface area (Å²) >= 11 is 1.64. The van der Waals surface area contributed by atoms with Crippen LogP contribution in [0, 0.1) is 6.92 Å². The number of hydrogen-bond donors (Lipinski definition) is 0. The van der Waals surface area contributed by atoms with Gasteiger partial charge in [0.1, 0.15) is 6.54 Å². The van der Waals surface area contributed by atoms with E-state index >= 15 is 0 Å². The van der Waals surface area contributed by atoms with Crippen LogP contribution in [0.15, 0.2) is 26.4 Å². The third-order valence-corrected chi connectivity index (χ3v) is 5.91. The summed E-state index contributed by atoms with van der Waals surface area (Å²) in [5.41, 5.74) is 1.02. The average Bonchev–Trinajstić information content (AvgIpc) is 3.37. The van der Waals surface area contributed by atoms with Crippen molar-refractivity contribution in [3.05, 3.63) is 49.6 Å². The second-order valence-corrected chi connectivity index (χ2v) is 7.46. The molecule has 4 aromatic heterocycles. The minimum absolute atomic E-state index is 0.196. The fourth-order valence-corrected chi connectivity index (χ4v) is 4.09. The molecule has 27 heavy (non-hydrogen) atoms. The van der Waals surface area contributed by atoms with Crippen LogP contribution in [0.5, 0.6) is 0 Å². The van der Waals surface area contributed by atoms with Crippen LogP contribution in [0.3, 0.4) is 0 Å². The molecular formula is C17H18N6O3S. The van der Waals surface area contributed by atoms with E-state index in [2.05, 4.69) is 29.0 Å². The first-order valence-corrected chi connectivity index (χ1v) is 9.25. The quantitative estimate of drug-likeness (QED) is 0.526. The average molecular weight is 386 g/mol. The molecule has 0 radical (unpaired) electrons. The molecule has 0 aliphatic rings. The predicted molar refractivity (Wildman–Crippen MR) is 101 cm³/mol. The van der Waals surface area contributed by atoms with Gasteiger partial charge in [0.05, 0.1) is 11.2 Å². The van der Waals surface area contributed by atoms with Crippen molar-refractivity contribution in [3.8, 4) is 10.8 Å². The zero-order valence-corrected chi connectivity index (χ0v) is 16.2. The van der Waals surface area contributed by atoms with Gasteiger partial charge in [-0.1, -0.05) is 6.92 Å². The SMILES string of the molecule is CCc1sc(-c2nnc(Cn3cnc4c3c(=O)n(C)c(=O)n4C)o2)cc1C. The Balaban J connectivity index is 1.73. The van der Waals surface area contributed by atoms with E-state index in [0.717, 1.165) is 15.9 Å². The first-order valence-electron chi connectivity index (χ1n) is 8.43. The van der Waals surface area contributed by atoms with E-state index in [9.17, 15) is 9.59 Å². The van der Waals surface area contributed by atoms with E-state index in [1.54, 1.807) is 23.0 Å². The lowest BCUT2D eigenvalue weighted by Gasteiger charge is -2.04. The lowest BCUT2D eigenvalue weighted by molar-refractivity contribution is 0.491. The molecule has 0 unspecified atom stereocenters. The van der Waals surface area contributed by atoms with Gasteiger partial charge in [-0.25, -0.2) is 9.78 Å². The van der Waals surface area contributed by atoms with Crippen molar-refractivity contribution in [1.29, 1.82) is 0 Å². The molecule has 0 saturated carbocycles. The van der Waals surface area contributed by atoms with Crippen molar-refractivity contribution in [2.75, 3.05) is 0 Å². The predicted octanol–water partition coefficient (Wildman–Crippen LogP) is 1.46. The molecule has 140 valence electrons. The fourth-order valence-electron chi connectivity index (χ4n) is 3.06. The van der Waals surface area contributed by atoms with Gasteiger partial charge in [-0.05, 0) is 25.0 Å². The monoisotopic (exact) mass is 386 g/mol. The lowest BCUT2D eigenvalue weighted by Crippen LogP contribution is -2.37. The number of thiophene rings is 1. The Kier molecular flexibility index (Phi) is 4.06. The third-order valence-electron chi connectivity index (χ3n) is 4.54. The molecule has 0 spiro atoms. The normalized spacial score (nSPS) is 11.6. The van der Waals surface area contributed by atoms with Gasteiger partial charge in [0.15, 0.2) is 11.2 Å². The maximum absolute atomic E-state index is 12.5. The summed E-state index contributed by atoms with van der Waals surface area (Å²) in [5.74, 6) is 0.826. The number of nitrogens with zero attached hydrogens (tertiary/aromatic N) is 6. The van der Waals surface area contributed by atoms with Crippen molar-refractivity contribution in [2.24, 2.45) is 14.1 Å². The second-order valence-electron chi connectivity index (χ2n) is 6.32. The van der Waals surface area contributed by atoms with Gasteiger partial charge in [0.25, 0.3) is 11.4 Å². The zero-order valence-electron chi connectivity index (χ0n) is 15.4. The van der Waals surface area contributed by atoms with Gasteiger partial charge in [-0.3, -0.25) is 13.9 Å². The molecule has 4 heterocycles. The molecule has 0 bridgehead atoms. The van der Waals surface area contributed by atoms with Gasteiger partial charge in [0, 0.05) is 19.0 Å². The maximum Gasteiger partial charge on any atom is 0.332 e. The standard InChI is InChI=1S/C17H18N6O3S/c1-5-10-9(2)6-11(27-10)15-20-19-12(26-15)7-23-8-18-14-13(23)16(24)22(4)17(25)21(14)3/h6,8H,5,7H2,1-4H3. The largest absolute Gasteiger partial charge is 0.418 e. The van der Waals surface area contributed by atoms with Crippen LogP contribution < -0.4 is 11.2 Å². The first kappa shape index (κ1) is 17.4. The second kappa shape index (κ2) is 6.31. The summed E-state index contributed by atoms with van der Waals surface area (Å²) in [5, 5.41) is 8.22. The Hall–Kier alpha value is -3.01. The summed E-state index contributed by atoms with van der Waals surface area (Å²) in [6.07, 6.45) is 2.46. The number of rotatable bonds is 4. The van der Waals surface area contributed by atoms with Crippen LogP contribution in [0.2, 0.25) is 0 Å². The Morgan fingerprint density at radius 1 is 1.19 bits per heavy atom. The van der Waals surface area contributed by atoms with Crippen LogP contribution in [0.4, 0.5) is 0 Å². The lowest BCUT2D eigenvalue weighted by atomic mass is 10.2. The first-order chi connectivity index (χ1) is 12.9. The molecule has 0 N–H and O–H groups in total. The molecule has 0 saturated heterocycles. The van der Waals surface area contributed by atoms with E-state index in [0.29, 0.717) is 22.9 Å². The third kappa shape index (κ3) is 2.72. The molecule has 10 heteroatoms. The molecule has 0 aliphatic carbocycles. The molecule has 4 rings (SSSR count). The zero-order chi connectivity index (χ0) is 19.3. The van der Waals surface area contributed by atoms with E-state index < -0.39 is 11.2 Å². The van der Waals surface area contributed by atoms with Crippen LogP contribution in [0.1, 0.15) is 23.3 Å². The molecule has 4 aromatic rings. The summed E-state index contributed by atoms with van der Waals surface area (Å²) in [6.45, 7) is 4.37. The van der Waals surface area contributed by atoms with Crippen molar-refractivity contribution in [3.63, 3.8) is 0 Å². The smallest absolute Gasteiger partial charge is 0.332 e. The molecule has 9 nitrogen and oxygen atoms in total. The van der Waals surface area contributed by atoms with E-state index in [4.69, 9.17) is 4.42 Å². The van der Waals surface area contributed by atoms with Gasteiger partial charge in [-0.2, -0.15) is 0 Å². The number of hydrogen-bond acceptors (Lipinski definition) is 7. The van der Waals surface area contributed by atoms with Gasteiger partial charge in [0.2, 0.25) is 5.89 Å². The topological polar surface area (TPSA) is 101 Å². The highest BCUT2D eigenvalue weighted by atomic mass is 32.1. The number of fused-ring (bicyclic) bond motifs is 1. The van der Waals surface area contributed by atoms with Crippen molar-refractivity contribution >= 4 is 22.5 Å². The number of imidazole rings is 1. The highest BCUT2D eigenvalue weighted by Gasteiger charge is 2.17. The Bertz CT molecular complexity index is 1270. The highest BCUT2D eigenvalue weighted by Crippen LogP contribution is 2.30. The summed E-state index contributed by atoms with van der Waals surface area (Å²) in [4.78, 5) is 30.9. The minimum atomic E-state index is -0.419. The summed E-state index contributed by atoms with van der Waals surface area (Å²) in [6, 6.07) is 2.04. The number of aryl methyl sites for hydroxylation is 3. The van der Waals surface area contributed by atoms with E-state index in [1.807, 2.05) is 6.07 Å². The van der Waals surface area contributed by atoms with Gasteiger partial charge < -0.3 is 8.98 Å². The van der Waals surface area contributed by atoms with Crippen LogP contribution in [0.25, 0.3) is 21.9 Å². The van der Waals surface area contributed by atoms with Crippen LogP contribution in [-0.4, -0.2) is 28.9 Å². The Labute approximate surface area is 157 Å². The molecule has 0 aliphatic heterocycles. The van der Waals surface area contributed by atoms with Crippen LogP contribution in [-0.2, 0) is 27.1 Å². The maximum atomic E-state index is 12.5. The van der Waals surface area contributed by atoms with Crippen molar-refractivity contribution in [1.82, 2.24) is 28.9 Å². The number of aromatic nitrogens is 6. The van der Waals surface area contributed by atoms with Crippen molar-refractivity contribution < 1.29 is 4.42 Å². The minimum Gasteiger partial charge on any atom is -0.418 e. The Morgan fingerprint density at radius 2 is 1.96 bits per heavy atom.